The summed E-state index contributed by atoms with van der Waals surface area (Å²) in [5, 5.41) is 16.7. The average molecular weight is 401 g/mol. The third-order valence-electron chi connectivity index (χ3n) is 3.51. The number of carboxylic acid groups (broad SMARTS) is 1. The van der Waals surface area contributed by atoms with Gasteiger partial charge in [0.25, 0.3) is 11.8 Å². The maximum absolute atomic E-state index is 12.5. The van der Waals surface area contributed by atoms with Crippen molar-refractivity contribution in [2.75, 3.05) is 18.6 Å². The summed E-state index contributed by atoms with van der Waals surface area (Å²) in [6.07, 6.45) is 1.47. The predicted molar refractivity (Wildman–Crippen MR) is 94.4 cm³/mol. The first-order valence-corrected chi connectivity index (χ1v) is 8.88. The number of thiazole rings is 1. The van der Waals surface area contributed by atoms with Gasteiger partial charge in [-0.3, -0.25) is 14.5 Å². The largest absolute Gasteiger partial charge is 0.477 e. The molecule has 0 aromatic carbocycles. The van der Waals surface area contributed by atoms with Crippen molar-refractivity contribution in [2.24, 2.45) is 5.16 Å². The fourth-order valence-corrected chi connectivity index (χ4v) is 4.18. The van der Waals surface area contributed by atoms with E-state index in [2.05, 4.69) is 20.3 Å². The van der Waals surface area contributed by atoms with Gasteiger partial charge in [-0.25, -0.2) is 9.78 Å². The second kappa shape index (κ2) is 7.72. The first kappa shape index (κ1) is 19.7. The van der Waals surface area contributed by atoms with E-state index in [1.165, 1.54) is 24.9 Å². The lowest BCUT2D eigenvalue weighted by molar-refractivity contribution is -0.150. The van der Waals surface area contributed by atoms with Crippen LogP contribution >= 0.6 is 23.1 Å². The average Bonchev–Trinajstić information content (AvgIpc) is 3.02. The molecule has 3 rings (SSSR count). The summed E-state index contributed by atoms with van der Waals surface area (Å²) in [5.74, 6) is -1.89. The zero-order chi connectivity index (χ0) is 18.1. The third-order valence-corrected chi connectivity index (χ3v) is 5.37. The Balaban J connectivity index is 0.00000243. The molecule has 0 spiro atoms. The third kappa shape index (κ3) is 3.36. The van der Waals surface area contributed by atoms with E-state index in [4.69, 9.17) is 10.8 Å². The molecule has 0 aliphatic carbocycles. The highest BCUT2D eigenvalue weighted by molar-refractivity contribution is 8.00. The van der Waals surface area contributed by atoms with Crippen LogP contribution in [0.4, 0.5) is 5.13 Å². The molecule has 1 aromatic rings. The second-order valence-electron chi connectivity index (χ2n) is 4.97. The quantitative estimate of drug-likeness (QED) is 0.307. The SMILES string of the molecule is CO/N=C(\C(=O)N[C@@H]1C(=O)N2C(C(=O)O)=CCS[C@H]12)c1csc(N)n1.O. The van der Waals surface area contributed by atoms with Gasteiger partial charge in [0.05, 0.1) is 0 Å². The van der Waals surface area contributed by atoms with E-state index >= 15 is 0 Å². The summed E-state index contributed by atoms with van der Waals surface area (Å²) in [6, 6.07) is -0.849. The van der Waals surface area contributed by atoms with Crippen molar-refractivity contribution < 1.29 is 29.8 Å². The van der Waals surface area contributed by atoms with E-state index in [0.717, 1.165) is 16.2 Å². The van der Waals surface area contributed by atoms with Gasteiger partial charge in [-0.2, -0.15) is 0 Å². The molecular formula is C13H15N5O6S2. The lowest BCUT2D eigenvalue weighted by Crippen LogP contribution is -2.70. The Labute approximate surface area is 155 Å². The van der Waals surface area contributed by atoms with Gasteiger partial charge in [0.2, 0.25) is 0 Å². The number of carbonyl (C=O) groups excluding carboxylic acids is 2. The summed E-state index contributed by atoms with van der Waals surface area (Å²) in [4.78, 5) is 45.7. The summed E-state index contributed by atoms with van der Waals surface area (Å²) in [5.41, 5.74) is 5.60. The van der Waals surface area contributed by atoms with Crippen LogP contribution in [0.1, 0.15) is 5.69 Å². The number of nitrogen functional groups attached to an aromatic ring is 1. The Morgan fingerprint density at radius 1 is 1.54 bits per heavy atom. The number of nitrogens with two attached hydrogens (primary N) is 1. The van der Waals surface area contributed by atoms with E-state index in [-0.39, 0.29) is 27.7 Å². The molecule has 0 unspecified atom stereocenters. The molecule has 1 saturated heterocycles. The highest BCUT2D eigenvalue weighted by Gasteiger charge is 2.53. The molecule has 13 heteroatoms. The normalized spacial score (nSPS) is 21.7. The van der Waals surface area contributed by atoms with Crippen LogP contribution in [-0.4, -0.2) is 68.2 Å². The number of anilines is 1. The Morgan fingerprint density at radius 3 is 2.85 bits per heavy atom. The van der Waals surface area contributed by atoms with Crippen LogP contribution in [0, 0.1) is 0 Å². The number of nitrogens with one attached hydrogen (secondary N) is 1. The number of carboxylic acids is 1. The second-order valence-corrected chi connectivity index (χ2v) is 7.01. The number of rotatable bonds is 5. The van der Waals surface area contributed by atoms with Crippen LogP contribution < -0.4 is 11.1 Å². The van der Waals surface area contributed by atoms with E-state index in [9.17, 15) is 14.4 Å². The Bertz CT molecular complexity index is 807. The topological polar surface area (TPSA) is 179 Å². The van der Waals surface area contributed by atoms with Crippen LogP contribution in [0.3, 0.4) is 0 Å². The molecule has 2 atom stereocenters. The molecular weight excluding hydrogens is 386 g/mol. The van der Waals surface area contributed by atoms with Crippen molar-refractivity contribution in [1.29, 1.82) is 0 Å². The van der Waals surface area contributed by atoms with Gasteiger partial charge in [0, 0.05) is 11.1 Å². The number of thioether (sulfide) groups is 1. The number of aliphatic carboxylic acids is 1. The van der Waals surface area contributed by atoms with Crippen molar-refractivity contribution in [3.8, 4) is 0 Å². The van der Waals surface area contributed by atoms with Crippen LogP contribution in [-0.2, 0) is 19.2 Å². The maximum Gasteiger partial charge on any atom is 0.352 e. The molecule has 6 N–H and O–H groups in total. The molecule has 0 radical (unpaired) electrons. The van der Waals surface area contributed by atoms with Crippen LogP contribution in [0.5, 0.6) is 0 Å². The number of hydrogen-bond donors (Lipinski definition) is 3. The van der Waals surface area contributed by atoms with Crippen molar-refractivity contribution >= 4 is 51.7 Å². The monoisotopic (exact) mass is 401 g/mol. The summed E-state index contributed by atoms with van der Waals surface area (Å²) in [7, 11) is 1.28. The zero-order valence-electron chi connectivity index (χ0n) is 13.3. The zero-order valence-corrected chi connectivity index (χ0v) is 15.0. The molecule has 0 bridgehead atoms. The molecule has 3 heterocycles. The molecule has 11 nitrogen and oxygen atoms in total. The van der Waals surface area contributed by atoms with Crippen molar-refractivity contribution in [1.82, 2.24) is 15.2 Å². The fourth-order valence-electron chi connectivity index (χ4n) is 2.44. The van der Waals surface area contributed by atoms with E-state index in [1.807, 2.05) is 0 Å². The van der Waals surface area contributed by atoms with Gasteiger partial charge >= 0.3 is 5.97 Å². The van der Waals surface area contributed by atoms with Crippen molar-refractivity contribution in [3.63, 3.8) is 0 Å². The predicted octanol–water partition coefficient (Wildman–Crippen LogP) is -1.38. The fraction of sp³-hybridized carbons (Fsp3) is 0.308. The summed E-state index contributed by atoms with van der Waals surface area (Å²) in [6.45, 7) is 0. The Kier molecular flexibility index (Phi) is 5.84. The molecule has 1 fully saturated rings. The Morgan fingerprint density at radius 2 is 2.27 bits per heavy atom. The van der Waals surface area contributed by atoms with Gasteiger partial charge in [0.1, 0.15) is 29.9 Å². The van der Waals surface area contributed by atoms with Gasteiger partial charge in [-0.1, -0.05) is 5.16 Å². The maximum atomic E-state index is 12.5. The van der Waals surface area contributed by atoms with Crippen LogP contribution in [0.25, 0.3) is 0 Å². The molecule has 1 aromatic heterocycles. The molecule has 2 aliphatic heterocycles. The van der Waals surface area contributed by atoms with E-state index in [0.29, 0.717) is 5.75 Å². The minimum Gasteiger partial charge on any atom is -0.477 e. The lowest BCUT2D eigenvalue weighted by Gasteiger charge is -2.48. The standard InChI is InChI=1S/C13H13N5O5S2.H2O/c1-23-17-7(5-4-25-13(14)15-5)9(19)16-8-10(20)18-6(12(21)22)2-3-24-11(8)18;/h2,4,8,11H,3H2,1H3,(H2,14,15)(H,16,19)(H,21,22);1H2/b17-7-;/t8-,11-;/m1./s1. The highest BCUT2D eigenvalue weighted by Crippen LogP contribution is 2.37. The van der Waals surface area contributed by atoms with Crippen molar-refractivity contribution in [3.05, 3.63) is 22.8 Å². The minimum absolute atomic E-state index is 0. The van der Waals surface area contributed by atoms with E-state index < -0.39 is 29.2 Å². The van der Waals surface area contributed by atoms with Gasteiger partial charge in [0.15, 0.2) is 10.8 Å². The summed E-state index contributed by atoms with van der Waals surface area (Å²) >= 11 is 2.49. The van der Waals surface area contributed by atoms with Gasteiger partial charge in [-0.15, -0.1) is 23.1 Å². The molecule has 0 saturated carbocycles. The minimum atomic E-state index is -1.18. The first-order valence-electron chi connectivity index (χ1n) is 6.95. The molecule has 2 aliphatic rings. The number of β-lactam (4-membered cyclic amide) rings is 1. The van der Waals surface area contributed by atoms with Crippen LogP contribution in [0.2, 0.25) is 0 Å². The number of fused-ring (bicyclic) bond motifs is 1. The number of oxime groups is 1. The Hall–Kier alpha value is -2.64. The van der Waals surface area contributed by atoms with Gasteiger partial charge < -0.3 is 26.5 Å². The smallest absolute Gasteiger partial charge is 0.352 e. The lowest BCUT2D eigenvalue weighted by atomic mass is 10.0. The highest BCUT2D eigenvalue weighted by atomic mass is 32.2. The van der Waals surface area contributed by atoms with E-state index in [1.54, 1.807) is 5.38 Å². The number of hydrogen-bond acceptors (Lipinski definition) is 9. The van der Waals surface area contributed by atoms with Crippen molar-refractivity contribution in [2.45, 2.75) is 11.4 Å². The molecule has 26 heavy (non-hydrogen) atoms. The number of aromatic nitrogens is 1. The molecule has 140 valence electrons. The number of carbonyl (C=O) groups is 3. The van der Waals surface area contributed by atoms with Gasteiger partial charge in [-0.05, 0) is 6.08 Å². The summed E-state index contributed by atoms with van der Waals surface area (Å²) < 4.78 is 0. The molecule has 2 amide bonds. The number of nitrogens with zero attached hydrogens (tertiary/aromatic N) is 3. The first-order chi connectivity index (χ1) is 11.9. The number of amides is 2. The van der Waals surface area contributed by atoms with Crippen LogP contribution in [0.15, 0.2) is 22.3 Å².